The van der Waals surface area contributed by atoms with E-state index in [0.29, 0.717) is 40.3 Å². The Morgan fingerprint density at radius 3 is 2.39 bits per heavy atom. The molecule has 0 saturated carbocycles. The standard InChI is InChI=1S/C25H19BrClNO4S/c1-2-31-22-13-17(5-12-21(22)32-15-16-3-6-18(26)7-4-16)14-23-24(29)28(25(30)33-23)20-10-8-19(27)9-11-20/h3-14H,2,15H2,1H3/b23-14+. The average Bonchev–Trinajstić information content (AvgIpc) is 3.08. The van der Waals surface area contributed by atoms with Crippen LogP contribution in [0.3, 0.4) is 0 Å². The number of hydrogen-bond donors (Lipinski definition) is 0. The van der Waals surface area contributed by atoms with Crippen LogP contribution in [0, 0.1) is 0 Å². The Kier molecular flexibility index (Phi) is 7.42. The maximum absolute atomic E-state index is 12.9. The van der Waals surface area contributed by atoms with Crippen molar-refractivity contribution in [1.82, 2.24) is 0 Å². The lowest BCUT2D eigenvalue weighted by Gasteiger charge is -2.13. The fraction of sp³-hybridized carbons (Fsp3) is 0.120. The van der Waals surface area contributed by atoms with Crippen LogP contribution in [-0.2, 0) is 11.4 Å². The van der Waals surface area contributed by atoms with Gasteiger partial charge < -0.3 is 9.47 Å². The quantitative estimate of drug-likeness (QED) is 0.292. The van der Waals surface area contributed by atoms with Gasteiger partial charge in [-0.1, -0.05) is 45.7 Å². The molecule has 1 saturated heterocycles. The minimum absolute atomic E-state index is 0.334. The van der Waals surface area contributed by atoms with Crippen LogP contribution in [0.4, 0.5) is 10.5 Å². The van der Waals surface area contributed by atoms with Crippen LogP contribution in [0.5, 0.6) is 11.5 Å². The van der Waals surface area contributed by atoms with Gasteiger partial charge in [0.2, 0.25) is 0 Å². The molecule has 4 rings (SSSR count). The minimum atomic E-state index is -0.374. The molecule has 0 bridgehead atoms. The molecule has 1 aliphatic rings. The van der Waals surface area contributed by atoms with Crippen LogP contribution in [0.1, 0.15) is 18.1 Å². The van der Waals surface area contributed by atoms with Gasteiger partial charge in [0.15, 0.2) is 11.5 Å². The second kappa shape index (κ2) is 10.5. The zero-order valence-electron chi connectivity index (χ0n) is 17.6. The summed E-state index contributed by atoms with van der Waals surface area (Å²) in [5.74, 6) is 0.798. The number of ether oxygens (including phenoxy) is 2. The number of carbonyl (C=O) groups is 2. The molecule has 0 N–H and O–H groups in total. The third kappa shape index (κ3) is 5.61. The molecule has 1 fully saturated rings. The summed E-state index contributed by atoms with van der Waals surface area (Å²) in [5, 5.41) is 0.181. The first-order valence-corrected chi connectivity index (χ1v) is 12.1. The van der Waals surface area contributed by atoms with Crippen LogP contribution in [0.2, 0.25) is 5.02 Å². The highest BCUT2D eigenvalue weighted by molar-refractivity contribution is 9.10. The van der Waals surface area contributed by atoms with Crippen molar-refractivity contribution in [3.8, 4) is 11.5 Å². The molecule has 5 nitrogen and oxygen atoms in total. The molecule has 0 atom stereocenters. The average molecular weight is 545 g/mol. The largest absolute Gasteiger partial charge is 0.490 e. The lowest BCUT2D eigenvalue weighted by molar-refractivity contribution is -0.113. The summed E-state index contributed by atoms with van der Waals surface area (Å²) in [4.78, 5) is 26.9. The van der Waals surface area contributed by atoms with Crippen LogP contribution in [0.25, 0.3) is 6.08 Å². The molecule has 0 aliphatic carbocycles. The normalized spacial score (nSPS) is 14.8. The number of rotatable bonds is 7. The van der Waals surface area contributed by atoms with Gasteiger partial charge in [0.1, 0.15) is 6.61 Å². The molecule has 1 heterocycles. The number of nitrogens with zero attached hydrogens (tertiary/aromatic N) is 1. The first-order valence-electron chi connectivity index (χ1n) is 10.1. The summed E-state index contributed by atoms with van der Waals surface area (Å²) in [6, 6.07) is 19.9. The van der Waals surface area contributed by atoms with Crippen molar-refractivity contribution < 1.29 is 19.1 Å². The van der Waals surface area contributed by atoms with E-state index in [1.165, 1.54) is 0 Å². The number of anilines is 1. The van der Waals surface area contributed by atoms with Gasteiger partial charge in [-0.05, 0) is 84.4 Å². The first kappa shape index (κ1) is 23.4. The number of benzene rings is 3. The van der Waals surface area contributed by atoms with Crippen LogP contribution in [-0.4, -0.2) is 17.8 Å². The summed E-state index contributed by atoms with van der Waals surface area (Å²) in [7, 11) is 0. The molecule has 3 aromatic carbocycles. The van der Waals surface area contributed by atoms with Gasteiger partial charge in [0.05, 0.1) is 17.2 Å². The van der Waals surface area contributed by atoms with E-state index in [9.17, 15) is 9.59 Å². The Labute approximate surface area is 209 Å². The third-order valence-electron chi connectivity index (χ3n) is 4.75. The van der Waals surface area contributed by atoms with E-state index in [1.807, 2.05) is 37.3 Å². The van der Waals surface area contributed by atoms with Gasteiger partial charge >= 0.3 is 0 Å². The fourth-order valence-electron chi connectivity index (χ4n) is 3.18. The van der Waals surface area contributed by atoms with Gasteiger partial charge in [0.25, 0.3) is 11.1 Å². The molecule has 168 valence electrons. The topological polar surface area (TPSA) is 55.8 Å². The van der Waals surface area contributed by atoms with Gasteiger partial charge in [-0.15, -0.1) is 0 Å². The highest BCUT2D eigenvalue weighted by atomic mass is 79.9. The summed E-state index contributed by atoms with van der Waals surface area (Å²) >= 11 is 10.2. The lowest BCUT2D eigenvalue weighted by atomic mass is 10.1. The van der Waals surface area contributed by atoms with Crippen molar-refractivity contribution in [3.05, 3.63) is 92.3 Å². The van der Waals surface area contributed by atoms with E-state index < -0.39 is 0 Å². The predicted molar refractivity (Wildman–Crippen MR) is 136 cm³/mol. The summed E-state index contributed by atoms with van der Waals surface area (Å²) in [6.07, 6.45) is 1.68. The van der Waals surface area contributed by atoms with Crippen LogP contribution in [0.15, 0.2) is 76.1 Å². The van der Waals surface area contributed by atoms with E-state index in [1.54, 1.807) is 42.5 Å². The summed E-state index contributed by atoms with van der Waals surface area (Å²) in [5.41, 5.74) is 2.24. The number of amides is 2. The number of carbonyl (C=O) groups excluding carboxylic acids is 2. The molecule has 0 aromatic heterocycles. The van der Waals surface area contributed by atoms with Gasteiger partial charge in [-0.25, -0.2) is 4.90 Å². The molecule has 0 spiro atoms. The molecular weight excluding hydrogens is 526 g/mol. The Balaban J connectivity index is 1.54. The monoisotopic (exact) mass is 543 g/mol. The molecular formula is C25H19BrClNO4S. The zero-order valence-corrected chi connectivity index (χ0v) is 20.7. The highest BCUT2D eigenvalue weighted by Gasteiger charge is 2.36. The predicted octanol–water partition coefficient (Wildman–Crippen LogP) is 7.32. The summed E-state index contributed by atoms with van der Waals surface area (Å²) < 4.78 is 12.7. The van der Waals surface area contributed by atoms with Crippen molar-refractivity contribution in [2.75, 3.05) is 11.5 Å². The van der Waals surface area contributed by atoms with Gasteiger partial charge in [-0.2, -0.15) is 0 Å². The Hall–Kier alpha value is -2.74. The number of thioether (sulfide) groups is 1. The Morgan fingerprint density at radius 2 is 1.70 bits per heavy atom. The molecule has 0 radical (unpaired) electrons. The van der Waals surface area contributed by atoms with Crippen molar-refractivity contribution >= 4 is 62.2 Å². The van der Waals surface area contributed by atoms with E-state index in [4.69, 9.17) is 21.1 Å². The van der Waals surface area contributed by atoms with E-state index in [-0.39, 0.29) is 11.1 Å². The van der Waals surface area contributed by atoms with Crippen molar-refractivity contribution in [2.45, 2.75) is 13.5 Å². The van der Waals surface area contributed by atoms with Crippen molar-refractivity contribution in [1.29, 1.82) is 0 Å². The second-order valence-electron chi connectivity index (χ2n) is 7.05. The SMILES string of the molecule is CCOc1cc(/C=C2/SC(=O)N(c3ccc(Cl)cc3)C2=O)ccc1OCc1ccc(Br)cc1. The number of halogens is 2. The highest BCUT2D eigenvalue weighted by Crippen LogP contribution is 2.37. The molecule has 1 aliphatic heterocycles. The third-order valence-corrected chi connectivity index (χ3v) is 6.40. The maximum Gasteiger partial charge on any atom is 0.298 e. The van der Waals surface area contributed by atoms with E-state index in [0.717, 1.165) is 32.3 Å². The minimum Gasteiger partial charge on any atom is -0.490 e. The summed E-state index contributed by atoms with van der Waals surface area (Å²) in [6.45, 7) is 2.75. The van der Waals surface area contributed by atoms with Gasteiger partial charge in [-0.3, -0.25) is 9.59 Å². The maximum atomic E-state index is 12.9. The van der Waals surface area contributed by atoms with Gasteiger partial charge in [0, 0.05) is 9.50 Å². The van der Waals surface area contributed by atoms with Crippen LogP contribution >= 0.6 is 39.3 Å². The molecule has 0 unspecified atom stereocenters. The fourth-order valence-corrected chi connectivity index (χ4v) is 4.41. The molecule has 8 heteroatoms. The lowest BCUT2D eigenvalue weighted by Crippen LogP contribution is -2.27. The molecule has 3 aromatic rings. The van der Waals surface area contributed by atoms with Crippen molar-refractivity contribution in [2.24, 2.45) is 0 Å². The zero-order chi connectivity index (χ0) is 23.4. The number of hydrogen-bond acceptors (Lipinski definition) is 5. The Morgan fingerprint density at radius 1 is 0.970 bits per heavy atom. The Bertz CT molecular complexity index is 1210. The second-order valence-corrected chi connectivity index (χ2v) is 9.39. The van der Waals surface area contributed by atoms with E-state index >= 15 is 0 Å². The molecule has 33 heavy (non-hydrogen) atoms. The number of imide groups is 1. The smallest absolute Gasteiger partial charge is 0.298 e. The molecule has 2 amide bonds. The van der Waals surface area contributed by atoms with Crippen molar-refractivity contribution in [3.63, 3.8) is 0 Å². The van der Waals surface area contributed by atoms with E-state index in [2.05, 4.69) is 15.9 Å². The first-order chi connectivity index (χ1) is 15.9. The van der Waals surface area contributed by atoms with Crippen LogP contribution < -0.4 is 14.4 Å².